The quantitative estimate of drug-likeness (QED) is 0.805. The Morgan fingerprint density at radius 1 is 1.53 bits per heavy atom. The van der Waals surface area contributed by atoms with Crippen molar-refractivity contribution in [1.29, 1.82) is 0 Å². The minimum Gasteiger partial charge on any atom is -0.395 e. The number of hydrogen-bond donors (Lipinski definition) is 2. The van der Waals surface area contributed by atoms with Crippen LogP contribution >= 0.6 is 11.6 Å². The molecule has 0 fully saturated rings. The zero-order valence-corrected chi connectivity index (χ0v) is 10.6. The largest absolute Gasteiger partial charge is 0.395 e. The number of likely N-dealkylation sites (N-methyl/N-ethyl adjacent to an activating group) is 1. The van der Waals surface area contributed by atoms with E-state index in [2.05, 4.69) is 4.90 Å². The summed E-state index contributed by atoms with van der Waals surface area (Å²) in [5.41, 5.74) is 6.50. The molecule has 5 heteroatoms. The molecule has 1 aromatic carbocycles. The summed E-state index contributed by atoms with van der Waals surface area (Å²) in [7, 11) is 0. The van der Waals surface area contributed by atoms with Gasteiger partial charge in [0.2, 0.25) is 5.91 Å². The van der Waals surface area contributed by atoms with Gasteiger partial charge in [-0.1, -0.05) is 24.6 Å². The zero-order valence-electron chi connectivity index (χ0n) is 9.82. The van der Waals surface area contributed by atoms with Gasteiger partial charge in [-0.2, -0.15) is 0 Å². The van der Waals surface area contributed by atoms with Gasteiger partial charge in [0.05, 0.1) is 6.61 Å². The predicted octanol–water partition coefficient (Wildman–Crippen LogP) is 1.25. The molecule has 0 heterocycles. The topological polar surface area (TPSA) is 66.6 Å². The van der Waals surface area contributed by atoms with E-state index >= 15 is 0 Å². The number of nitrogens with zero attached hydrogens (tertiary/aromatic N) is 1. The van der Waals surface area contributed by atoms with Crippen molar-refractivity contribution < 1.29 is 9.90 Å². The van der Waals surface area contributed by atoms with E-state index in [4.69, 9.17) is 22.4 Å². The standard InChI is InChI=1S/C12H17ClN2O2/c1-2-15(5-6-16)8-10-4-3-9(12(14)17)7-11(10)13/h3-4,7,16H,2,5-6,8H2,1H3,(H2,14,17). The lowest BCUT2D eigenvalue weighted by Crippen LogP contribution is -2.26. The minimum atomic E-state index is -0.485. The summed E-state index contributed by atoms with van der Waals surface area (Å²) < 4.78 is 0. The summed E-state index contributed by atoms with van der Waals surface area (Å²) in [6, 6.07) is 5.03. The summed E-state index contributed by atoms with van der Waals surface area (Å²) in [4.78, 5) is 13.0. The van der Waals surface area contributed by atoms with Crippen LogP contribution in [0, 0.1) is 0 Å². The number of carbonyl (C=O) groups is 1. The van der Waals surface area contributed by atoms with Gasteiger partial charge >= 0.3 is 0 Å². The van der Waals surface area contributed by atoms with Gasteiger partial charge < -0.3 is 10.8 Å². The smallest absolute Gasteiger partial charge is 0.248 e. The Labute approximate surface area is 106 Å². The van der Waals surface area contributed by atoms with E-state index in [1.165, 1.54) is 0 Å². The van der Waals surface area contributed by atoms with Crippen LogP contribution in [0.3, 0.4) is 0 Å². The molecule has 1 aromatic rings. The monoisotopic (exact) mass is 256 g/mol. The fraction of sp³-hybridized carbons (Fsp3) is 0.417. The summed E-state index contributed by atoms with van der Waals surface area (Å²) in [5.74, 6) is -0.485. The molecule has 0 saturated carbocycles. The maximum atomic E-state index is 11.0. The highest BCUT2D eigenvalue weighted by Crippen LogP contribution is 2.19. The second-order valence-corrected chi connectivity index (χ2v) is 4.17. The van der Waals surface area contributed by atoms with Crippen LogP contribution in [0.2, 0.25) is 5.02 Å². The van der Waals surface area contributed by atoms with E-state index in [1.807, 2.05) is 6.92 Å². The first-order valence-electron chi connectivity index (χ1n) is 5.50. The van der Waals surface area contributed by atoms with Gasteiger partial charge in [0.15, 0.2) is 0 Å². The van der Waals surface area contributed by atoms with Crippen molar-refractivity contribution in [2.75, 3.05) is 19.7 Å². The summed E-state index contributed by atoms with van der Waals surface area (Å²) in [6.07, 6.45) is 0. The van der Waals surface area contributed by atoms with Crippen molar-refractivity contribution in [2.24, 2.45) is 5.73 Å². The third kappa shape index (κ3) is 4.00. The van der Waals surface area contributed by atoms with E-state index in [9.17, 15) is 4.79 Å². The van der Waals surface area contributed by atoms with Crippen LogP contribution in [0.4, 0.5) is 0 Å². The Hall–Kier alpha value is -1.10. The molecule has 94 valence electrons. The molecule has 0 spiro atoms. The van der Waals surface area contributed by atoms with E-state index in [0.717, 1.165) is 12.1 Å². The first-order chi connectivity index (χ1) is 8.08. The predicted molar refractivity (Wildman–Crippen MR) is 68.0 cm³/mol. The number of rotatable bonds is 6. The molecular formula is C12H17ClN2O2. The van der Waals surface area contributed by atoms with Crippen molar-refractivity contribution in [3.63, 3.8) is 0 Å². The van der Waals surface area contributed by atoms with Crippen LogP contribution in [-0.4, -0.2) is 35.6 Å². The van der Waals surface area contributed by atoms with Crippen LogP contribution in [-0.2, 0) is 6.54 Å². The van der Waals surface area contributed by atoms with Crippen molar-refractivity contribution in [1.82, 2.24) is 4.90 Å². The molecule has 1 rings (SSSR count). The van der Waals surface area contributed by atoms with Crippen molar-refractivity contribution >= 4 is 17.5 Å². The van der Waals surface area contributed by atoms with Crippen molar-refractivity contribution in [2.45, 2.75) is 13.5 Å². The molecule has 0 unspecified atom stereocenters. The SMILES string of the molecule is CCN(CCO)Cc1ccc(C(N)=O)cc1Cl. The maximum Gasteiger partial charge on any atom is 0.248 e. The average molecular weight is 257 g/mol. The van der Waals surface area contributed by atoms with E-state index in [0.29, 0.717) is 23.7 Å². The number of primary amides is 1. The molecule has 3 N–H and O–H groups in total. The molecule has 0 aliphatic carbocycles. The molecule has 17 heavy (non-hydrogen) atoms. The Bertz CT molecular complexity index is 396. The zero-order chi connectivity index (χ0) is 12.8. The van der Waals surface area contributed by atoms with Gasteiger partial charge in [-0.25, -0.2) is 0 Å². The van der Waals surface area contributed by atoms with Gasteiger partial charge in [0.1, 0.15) is 0 Å². The summed E-state index contributed by atoms with van der Waals surface area (Å²) >= 11 is 6.08. The van der Waals surface area contributed by atoms with Crippen LogP contribution in [0.15, 0.2) is 18.2 Å². The van der Waals surface area contributed by atoms with Crippen molar-refractivity contribution in [3.05, 3.63) is 34.3 Å². The number of amides is 1. The van der Waals surface area contributed by atoms with Gasteiger partial charge in [0, 0.05) is 23.7 Å². The van der Waals surface area contributed by atoms with Gasteiger partial charge in [-0.05, 0) is 24.2 Å². The van der Waals surface area contributed by atoms with E-state index < -0.39 is 5.91 Å². The summed E-state index contributed by atoms with van der Waals surface area (Å²) in [5, 5.41) is 9.42. The van der Waals surface area contributed by atoms with Crippen LogP contribution in [0.1, 0.15) is 22.8 Å². The van der Waals surface area contributed by atoms with Crippen LogP contribution < -0.4 is 5.73 Å². The molecule has 0 aliphatic rings. The number of carbonyl (C=O) groups excluding carboxylic acids is 1. The number of benzene rings is 1. The lowest BCUT2D eigenvalue weighted by atomic mass is 10.1. The van der Waals surface area contributed by atoms with E-state index in [1.54, 1.807) is 18.2 Å². The second-order valence-electron chi connectivity index (χ2n) is 3.76. The van der Waals surface area contributed by atoms with E-state index in [-0.39, 0.29) is 6.61 Å². The third-order valence-electron chi connectivity index (χ3n) is 2.59. The minimum absolute atomic E-state index is 0.116. The first-order valence-corrected chi connectivity index (χ1v) is 5.87. The Morgan fingerprint density at radius 2 is 2.24 bits per heavy atom. The molecule has 4 nitrogen and oxygen atoms in total. The average Bonchev–Trinajstić information content (AvgIpc) is 2.30. The Morgan fingerprint density at radius 3 is 2.71 bits per heavy atom. The number of halogens is 1. The van der Waals surface area contributed by atoms with Crippen LogP contribution in [0.5, 0.6) is 0 Å². The Balaban J connectivity index is 2.81. The van der Waals surface area contributed by atoms with Crippen LogP contribution in [0.25, 0.3) is 0 Å². The number of hydrogen-bond acceptors (Lipinski definition) is 3. The highest BCUT2D eigenvalue weighted by Gasteiger charge is 2.09. The fourth-order valence-electron chi connectivity index (χ4n) is 1.56. The lowest BCUT2D eigenvalue weighted by molar-refractivity contribution is 0.100. The number of nitrogens with two attached hydrogens (primary N) is 1. The third-order valence-corrected chi connectivity index (χ3v) is 2.95. The molecule has 0 aliphatic heterocycles. The molecule has 0 saturated heterocycles. The molecule has 0 atom stereocenters. The van der Waals surface area contributed by atoms with Gasteiger partial charge in [-0.15, -0.1) is 0 Å². The maximum absolute atomic E-state index is 11.0. The lowest BCUT2D eigenvalue weighted by Gasteiger charge is -2.19. The van der Waals surface area contributed by atoms with Gasteiger partial charge in [0.25, 0.3) is 0 Å². The van der Waals surface area contributed by atoms with Crippen molar-refractivity contribution in [3.8, 4) is 0 Å². The van der Waals surface area contributed by atoms with Gasteiger partial charge in [-0.3, -0.25) is 9.69 Å². The highest BCUT2D eigenvalue weighted by atomic mass is 35.5. The summed E-state index contributed by atoms with van der Waals surface area (Å²) in [6.45, 7) is 4.21. The molecule has 0 radical (unpaired) electrons. The normalized spacial score (nSPS) is 10.8. The second kappa shape index (κ2) is 6.59. The highest BCUT2D eigenvalue weighted by molar-refractivity contribution is 6.31. The molecule has 1 amide bonds. The first kappa shape index (κ1) is 14.0. The Kier molecular flexibility index (Phi) is 5.41. The number of aliphatic hydroxyl groups excluding tert-OH is 1. The fourth-order valence-corrected chi connectivity index (χ4v) is 1.80. The molecular weight excluding hydrogens is 240 g/mol. The molecule has 0 bridgehead atoms. The number of aliphatic hydroxyl groups is 1. The molecule has 0 aromatic heterocycles.